The maximum atomic E-state index is 13.2. The first kappa shape index (κ1) is 86.3. The third-order valence-electron chi connectivity index (χ3n) is 28.0. The first-order valence-electron chi connectivity index (χ1n) is 40.8. The van der Waals surface area contributed by atoms with Crippen LogP contribution in [-0.4, -0.2) is 150 Å². The standard InChI is InChI=1S/C26H42O6.C16H22O6.C15H26O2.C14H20O4.C12H21F3O3/c1-4-23(2,3)22(27)32-26-15-19-13-24(17-26,30-20-9-5-7-11-28-20)16-25(14-19,18-26)31-21-10-6-8-12-29-21;1-4-16(2,3)15(19)20-7-11(17)21-12-8-5-9-10(6-8)14(18)22-13(9)12;1-6-15(4,5)17-14(16)13-8-11-7-12(13)10(3)9(11)2;1-7-8(2)10-5-9(7)6-11(10)13(15)18-12-3-4-17-14(12)16;1-6-10(3,4)9(16)18-8(2)7-11(5,17)12(13,14)15/h19-21H,4-18H2,1-3H3;8-10,12-13H,4-7H2,1-3H3;9-13H,6-8H2,1-5H3;7-12H,3-6H2,1-2H3;8,17H,6-7H2,1-5H3. The van der Waals surface area contributed by atoms with Gasteiger partial charge in [-0.1, -0.05) is 55.4 Å². The lowest BCUT2D eigenvalue weighted by Crippen LogP contribution is -2.69. The second-order valence-corrected chi connectivity index (χ2v) is 37.5. The summed E-state index contributed by atoms with van der Waals surface area (Å²) in [5.41, 5.74) is -6.17. The van der Waals surface area contributed by atoms with Crippen molar-refractivity contribution in [2.75, 3.05) is 26.4 Å². The molecule has 4 heterocycles. The number of rotatable bonds is 22. The summed E-state index contributed by atoms with van der Waals surface area (Å²) in [4.78, 5) is 96.0. The van der Waals surface area contributed by atoms with E-state index in [4.69, 9.17) is 56.8 Å². The normalized spacial score (nSPS) is 37.7. The highest BCUT2D eigenvalue weighted by Crippen LogP contribution is 2.65. The Balaban J connectivity index is 0.000000158. The van der Waals surface area contributed by atoms with Gasteiger partial charge < -0.3 is 61.9 Å². The molecule has 22 unspecified atom stereocenters. The van der Waals surface area contributed by atoms with Crippen LogP contribution in [0, 0.1) is 99.1 Å². The van der Waals surface area contributed by atoms with Gasteiger partial charge in [0.05, 0.1) is 51.8 Å². The van der Waals surface area contributed by atoms with Crippen LogP contribution in [-0.2, 0) is 95.2 Å². The van der Waals surface area contributed by atoms with Crippen molar-refractivity contribution in [3.63, 3.8) is 0 Å². The minimum absolute atomic E-state index is 0.00636. The van der Waals surface area contributed by atoms with Crippen molar-refractivity contribution in [2.45, 2.75) is 350 Å². The Bertz CT molecular complexity index is 3070. The molecule has 0 aromatic heterocycles. The van der Waals surface area contributed by atoms with Crippen molar-refractivity contribution in [3.05, 3.63) is 0 Å². The van der Waals surface area contributed by atoms with Gasteiger partial charge in [-0.05, 0) is 244 Å². The number of carbonyl (C=O) groups excluding carboxylic acids is 8. The van der Waals surface area contributed by atoms with Crippen LogP contribution in [0.15, 0.2) is 0 Å². The van der Waals surface area contributed by atoms with Gasteiger partial charge in [-0.15, -0.1) is 0 Å². The molecule has 10 bridgehead atoms. The summed E-state index contributed by atoms with van der Waals surface area (Å²) in [5, 5.41) is 9.28. The smallest absolute Gasteiger partial charge is 0.417 e. The predicted molar refractivity (Wildman–Crippen MR) is 386 cm³/mol. The molecule has 0 aromatic carbocycles. The molecule has 21 nitrogen and oxygen atoms in total. The summed E-state index contributed by atoms with van der Waals surface area (Å²) in [6, 6.07) is 0. The predicted octanol–water partition coefficient (Wildman–Crippen LogP) is 15.2. The molecule has 610 valence electrons. The van der Waals surface area contributed by atoms with Crippen LogP contribution < -0.4 is 0 Å². The second-order valence-electron chi connectivity index (χ2n) is 37.5. The average molecular weight is 1520 g/mol. The summed E-state index contributed by atoms with van der Waals surface area (Å²) < 4.78 is 106. The van der Waals surface area contributed by atoms with Crippen LogP contribution >= 0.6 is 0 Å². The van der Waals surface area contributed by atoms with Gasteiger partial charge in [0.15, 0.2) is 24.8 Å². The van der Waals surface area contributed by atoms with Crippen molar-refractivity contribution in [2.24, 2.45) is 99.1 Å². The molecule has 0 radical (unpaired) electrons. The summed E-state index contributed by atoms with van der Waals surface area (Å²) in [6.07, 6.45) is 13.0. The fourth-order valence-electron chi connectivity index (χ4n) is 19.8. The molecule has 4 aliphatic heterocycles. The van der Waals surface area contributed by atoms with Crippen LogP contribution in [0.5, 0.6) is 0 Å². The van der Waals surface area contributed by atoms with Gasteiger partial charge in [0, 0.05) is 57.2 Å². The average Bonchev–Trinajstić information content (AvgIpc) is 1.70. The monoisotopic (exact) mass is 1520 g/mol. The Morgan fingerprint density at radius 3 is 1.52 bits per heavy atom. The number of ether oxygens (including phenoxy) is 12. The molecule has 1 N–H and O–H groups in total. The molecular formula is C83H131F3O21. The molecule has 0 spiro atoms. The SMILES string of the molecule is CC1C2CC(C(=O)OC3CCOC3=O)C(C2)C1C.CCC(C)(C)C(=O)OC(C)CC(C)(O)C(F)(F)F.CCC(C)(C)C(=O)OC12CC3CC(OC4CCCCO4)(C1)CC(OC1CCCCO1)(C3)C2.CCC(C)(C)C(=O)OCC(=O)OC1C2CC3C(=O)OC1C3C2.CCC(C)(C)OC(=O)C1CC2CC1C(C)C2C. The number of fused-ring (bicyclic) bond motifs is 5. The van der Waals surface area contributed by atoms with Gasteiger partial charge in [-0.2, -0.15) is 13.2 Å². The van der Waals surface area contributed by atoms with E-state index >= 15 is 0 Å². The second kappa shape index (κ2) is 34.0. The van der Waals surface area contributed by atoms with Gasteiger partial charge in [-0.3, -0.25) is 28.8 Å². The highest BCUT2D eigenvalue weighted by atomic mass is 19.4. The number of aliphatic hydroxyl groups is 1. The molecule has 22 atom stereocenters. The van der Waals surface area contributed by atoms with E-state index in [0.717, 1.165) is 153 Å². The maximum Gasteiger partial charge on any atom is 0.417 e. The summed E-state index contributed by atoms with van der Waals surface area (Å²) in [7, 11) is 0. The zero-order chi connectivity index (χ0) is 79.0. The Hall–Kier alpha value is -4.65. The summed E-state index contributed by atoms with van der Waals surface area (Å²) in [5.74, 6) is 3.97. The van der Waals surface area contributed by atoms with Crippen molar-refractivity contribution in [1.82, 2.24) is 0 Å². The number of halogens is 3. The van der Waals surface area contributed by atoms with Crippen molar-refractivity contribution >= 4 is 47.8 Å². The first-order chi connectivity index (χ1) is 49.8. The number of alkyl halides is 3. The van der Waals surface area contributed by atoms with Crippen LogP contribution in [0.25, 0.3) is 0 Å². The zero-order valence-corrected chi connectivity index (χ0v) is 67.6. The highest BCUT2D eigenvalue weighted by Gasteiger charge is 2.68. The molecule has 24 heteroatoms. The van der Waals surface area contributed by atoms with Gasteiger partial charge in [0.25, 0.3) is 0 Å². The van der Waals surface area contributed by atoms with E-state index in [1.807, 2.05) is 34.6 Å². The number of carbonyl (C=O) groups is 8. The minimum atomic E-state index is -4.74. The summed E-state index contributed by atoms with van der Waals surface area (Å²) >= 11 is 0. The lowest BCUT2D eigenvalue weighted by Gasteiger charge is -2.65. The Kier molecular flexibility index (Phi) is 27.4. The lowest BCUT2D eigenvalue weighted by molar-refractivity contribution is -0.343. The number of hydrogen-bond donors (Lipinski definition) is 1. The molecular weight excluding hydrogens is 1390 g/mol. The minimum Gasteiger partial charge on any atom is -0.463 e. The molecule has 14 aliphatic rings. The van der Waals surface area contributed by atoms with Gasteiger partial charge in [0.1, 0.15) is 29.5 Å². The van der Waals surface area contributed by atoms with Crippen molar-refractivity contribution in [3.8, 4) is 0 Å². The van der Waals surface area contributed by atoms with Gasteiger partial charge in [-0.25, -0.2) is 9.59 Å². The van der Waals surface area contributed by atoms with E-state index in [2.05, 4.69) is 41.5 Å². The van der Waals surface area contributed by atoms with Crippen LogP contribution in [0.4, 0.5) is 13.2 Å². The molecule has 107 heavy (non-hydrogen) atoms. The van der Waals surface area contributed by atoms with E-state index in [0.29, 0.717) is 68.3 Å². The Morgan fingerprint density at radius 2 is 1.06 bits per heavy atom. The van der Waals surface area contributed by atoms with E-state index in [9.17, 15) is 56.6 Å². The maximum absolute atomic E-state index is 13.2. The van der Waals surface area contributed by atoms with Crippen molar-refractivity contribution in [1.29, 1.82) is 0 Å². The van der Waals surface area contributed by atoms with Crippen molar-refractivity contribution < 1.29 is 113 Å². The fourth-order valence-corrected chi connectivity index (χ4v) is 19.8. The molecule has 14 fully saturated rings. The Labute approximate surface area is 634 Å². The van der Waals surface area contributed by atoms with E-state index in [1.54, 1.807) is 34.6 Å². The third kappa shape index (κ3) is 20.1. The van der Waals surface area contributed by atoms with Gasteiger partial charge in [0.2, 0.25) is 6.10 Å². The molecule has 10 saturated carbocycles. The Morgan fingerprint density at radius 1 is 0.561 bits per heavy atom. The molecule has 0 aromatic rings. The number of cyclic esters (lactones) is 1. The van der Waals surface area contributed by atoms with Gasteiger partial charge >= 0.3 is 53.9 Å². The topological polar surface area (TPSA) is 268 Å². The molecule has 10 aliphatic carbocycles. The largest absolute Gasteiger partial charge is 0.463 e. The lowest BCUT2D eigenvalue weighted by atomic mass is 9.50. The third-order valence-corrected chi connectivity index (χ3v) is 28.0. The quantitative estimate of drug-likeness (QED) is 0.0779. The highest BCUT2D eigenvalue weighted by molar-refractivity contribution is 5.82. The fraction of sp³-hybridized carbons (Fsp3) is 0.904. The van der Waals surface area contributed by atoms with E-state index in [1.165, 1.54) is 13.3 Å². The summed E-state index contributed by atoms with van der Waals surface area (Å²) in [6.45, 7) is 35.3. The van der Waals surface area contributed by atoms with Crippen LogP contribution in [0.2, 0.25) is 0 Å². The van der Waals surface area contributed by atoms with Crippen LogP contribution in [0.1, 0.15) is 279 Å². The number of esters is 8. The van der Waals surface area contributed by atoms with E-state index in [-0.39, 0.29) is 108 Å². The molecule has 0 amide bonds. The van der Waals surface area contributed by atoms with E-state index < -0.39 is 70.2 Å². The molecule has 4 saturated heterocycles. The molecule has 14 rings (SSSR count). The zero-order valence-electron chi connectivity index (χ0n) is 67.6. The first-order valence-corrected chi connectivity index (χ1v) is 40.8. The van der Waals surface area contributed by atoms with Crippen LogP contribution in [0.3, 0.4) is 0 Å². The number of hydrogen-bond acceptors (Lipinski definition) is 21.